The minimum Gasteiger partial charge on any atom is -0.380 e. The number of thioether (sulfide) groups is 1. The van der Waals surface area contributed by atoms with Gasteiger partial charge < -0.3 is 15.2 Å². The molecule has 0 aliphatic carbocycles. The van der Waals surface area contributed by atoms with Crippen LogP contribution in [-0.2, 0) is 9.47 Å². The highest BCUT2D eigenvalue weighted by atomic mass is 32.2. The maximum Gasteiger partial charge on any atom is 0.0593 e. The topological polar surface area (TPSA) is 47.7 Å². The summed E-state index contributed by atoms with van der Waals surface area (Å²) in [5, 5.41) is 0.699. The maximum absolute atomic E-state index is 6.10. The zero-order valence-corrected chi connectivity index (χ0v) is 13.5. The molecule has 1 fully saturated rings. The highest BCUT2D eigenvalue weighted by Crippen LogP contribution is 2.37. The van der Waals surface area contributed by atoms with Crippen molar-refractivity contribution in [2.75, 3.05) is 51.8 Å². The van der Waals surface area contributed by atoms with Gasteiger partial charge in [-0.05, 0) is 20.3 Å². The fraction of sp³-hybridized carbons (Fsp3) is 1.00. The molecule has 2 atom stereocenters. The Balaban J connectivity index is 2.58. The van der Waals surface area contributed by atoms with Crippen molar-refractivity contribution in [2.45, 2.75) is 38.0 Å². The molecule has 0 saturated carbocycles. The molecule has 1 heterocycles. The molecule has 2 unspecified atom stereocenters. The number of ether oxygens (including phenoxy) is 2. The van der Waals surface area contributed by atoms with Gasteiger partial charge in [0.15, 0.2) is 0 Å². The van der Waals surface area contributed by atoms with E-state index in [-0.39, 0.29) is 5.54 Å². The van der Waals surface area contributed by atoms with Crippen molar-refractivity contribution in [3.8, 4) is 0 Å². The Morgan fingerprint density at radius 2 is 1.79 bits per heavy atom. The minimum atomic E-state index is 0.137. The van der Waals surface area contributed by atoms with Crippen LogP contribution >= 0.6 is 11.8 Å². The van der Waals surface area contributed by atoms with Crippen LogP contribution in [0.5, 0.6) is 0 Å². The first-order chi connectivity index (χ1) is 9.18. The number of hydrogen-bond acceptors (Lipinski definition) is 5. The predicted molar refractivity (Wildman–Crippen MR) is 82.9 cm³/mol. The van der Waals surface area contributed by atoms with Crippen LogP contribution in [0.15, 0.2) is 0 Å². The number of rotatable bonds is 10. The first-order valence-corrected chi connectivity index (χ1v) is 8.45. The highest BCUT2D eigenvalue weighted by molar-refractivity contribution is 8.00. The largest absolute Gasteiger partial charge is 0.380 e. The Kier molecular flexibility index (Phi) is 8.34. The van der Waals surface area contributed by atoms with Crippen LogP contribution in [0.4, 0.5) is 0 Å². The summed E-state index contributed by atoms with van der Waals surface area (Å²) in [5.74, 6) is 1.13. The zero-order chi connectivity index (χ0) is 14.1. The molecule has 2 N–H and O–H groups in total. The lowest BCUT2D eigenvalue weighted by Crippen LogP contribution is -2.56. The molecule has 0 aromatic heterocycles. The molecule has 19 heavy (non-hydrogen) atoms. The summed E-state index contributed by atoms with van der Waals surface area (Å²) in [6.45, 7) is 12.1. The highest BCUT2D eigenvalue weighted by Gasteiger charge is 2.41. The van der Waals surface area contributed by atoms with Gasteiger partial charge in [-0.3, -0.25) is 4.90 Å². The SMILES string of the molecule is CCOCCN(CCOCC)C1(CN)CSC(C)C1. The van der Waals surface area contributed by atoms with Crippen molar-refractivity contribution in [3.63, 3.8) is 0 Å². The molecule has 0 aromatic carbocycles. The second-order valence-electron chi connectivity index (χ2n) is 5.14. The lowest BCUT2D eigenvalue weighted by atomic mass is 9.94. The van der Waals surface area contributed by atoms with Crippen LogP contribution in [0.3, 0.4) is 0 Å². The predicted octanol–water partition coefficient (Wildman–Crippen LogP) is 1.58. The summed E-state index contributed by atoms with van der Waals surface area (Å²) in [6.07, 6.45) is 1.17. The van der Waals surface area contributed by atoms with Crippen LogP contribution in [0.1, 0.15) is 27.2 Å². The van der Waals surface area contributed by atoms with E-state index in [4.69, 9.17) is 15.2 Å². The van der Waals surface area contributed by atoms with Crippen molar-refractivity contribution in [1.29, 1.82) is 0 Å². The average Bonchev–Trinajstić information content (AvgIpc) is 2.80. The van der Waals surface area contributed by atoms with Crippen LogP contribution in [0, 0.1) is 0 Å². The summed E-state index contributed by atoms with van der Waals surface area (Å²) in [6, 6.07) is 0. The van der Waals surface area contributed by atoms with Gasteiger partial charge >= 0.3 is 0 Å². The van der Waals surface area contributed by atoms with E-state index in [2.05, 4.69) is 11.8 Å². The Morgan fingerprint density at radius 3 is 2.16 bits per heavy atom. The van der Waals surface area contributed by atoms with Gasteiger partial charge in [-0.1, -0.05) is 6.92 Å². The van der Waals surface area contributed by atoms with E-state index in [9.17, 15) is 0 Å². The quantitative estimate of drug-likeness (QED) is 0.619. The fourth-order valence-electron chi connectivity index (χ4n) is 2.67. The van der Waals surface area contributed by atoms with Crippen molar-refractivity contribution in [2.24, 2.45) is 5.73 Å². The second kappa shape index (κ2) is 9.19. The smallest absolute Gasteiger partial charge is 0.0593 e. The Morgan fingerprint density at radius 1 is 1.21 bits per heavy atom. The van der Waals surface area contributed by atoms with Crippen molar-refractivity contribution < 1.29 is 9.47 Å². The lowest BCUT2D eigenvalue weighted by molar-refractivity contribution is 0.0314. The summed E-state index contributed by atoms with van der Waals surface area (Å²) < 4.78 is 11.0. The van der Waals surface area contributed by atoms with E-state index < -0.39 is 0 Å². The van der Waals surface area contributed by atoms with E-state index in [1.165, 1.54) is 6.42 Å². The van der Waals surface area contributed by atoms with Crippen LogP contribution in [-0.4, -0.2) is 67.5 Å². The molecule has 1 aliphatic heterocycles. The summed E-state index contributed by atoms with van der Waals surface area (Å²) in [7, 11) is 0. The number of nitrogens with two attached hydrogens (primary N) is 1. The van der Waals surface area contributed by atoms with E-state index in [1.54, 1.807) is 0 Å². The molecular weight excluding hydrogens is 260 g/mol. The van der Waals surface area contributed by atoms with Crippen LogP contribution < -0.4 is 5.73 Å². The van der Waals surface area contributed by atoms with Gasteiger partial charge in [-0.15, -0.1) is 0 Å². The molecule has 5 heteroatoms. The summed E-state index contributed by atoms with van der Waals surface area (Å²) >= 11 is 2.03. The molecule has 114 valence electrons. The molecule has 4 nitrogen and oxygen atoms in total. The number of hydrogen-bond donors (Lipinski definition) is 1. The van der Waals surface area contributed by atoms with Gasteiger partial charge in [0.1, 0.15) is 0 Å². The molecule has 0 aromatic rings. The third-order valence-electron chi connectivity index (χ3n) is 3.77. The normalized spacial score (nSPS) is 27.3. The molecule has 0 spiro atoms. The van der Waals surface area contributed by atoms with Gasteiger partial charge in [0.2, 0.25) is 0 Å². The van der Waals surface area contributed by atoms with Crippen molar-refractivity contribution >= 4 is 11.8 Å². The lowest BCUT2D eigenvalue weighted by Gasteiger charge is -2.40. The third-order valence-corrected chi connectivity index (χ3v) is 5.21. The first kappa shape index (κ1) is 17.2. The molecular formula is C14H30N2O2S. The standard InChI is InChI=1S/C14H30N2O2S/c1-4-17-8-6-16(7-9-18-5-2)14(11-15)10-13(3)19-12-14/h13H,4-12,15H2,1-3H3. The van der Waals surface area contributed by atoms with Gasteiger partial charge in [-0.25, -0.2) is 0 Å². The monoisotopic (exact) mass is 290 g/mol. The maximum atomic E-state index is 6.10. The van der Waals surface area contributed by atoms with Crippen LogP contribution in [0.2, 0.25) is 0 Å². The fourth-order valence-corrected chi connectivity index (χ4v) is 4.11. The Hall–Kier alpha value is 0.190. The van der Waals surface area contributed by atoms with E-state index in [0.29, 0.717) is 5.25 Å². The van der Waals surface area contributed by atoms with Crippen LogP contribution in [0.25, 0.3) is 0 Å². The van der Waals surface area contributed by atoms with Crippen molar-refractivity contribution in [1.82, 2.24) is 4.90 Å². The van der Waals surface area contributed by atoms with Gasteiger partial charge in [0.05, 0.1) is 13.2 Å². The van der Waals surface area contributed by atoms with E-state index in [1.807, 2.05) is 25.6 Å². The molecule has 1 saturated heterocycles. The molecule has 0 amide bonds. The Labute approximate surface area is 122 Å². The summed E-state index contributed by atoms with van der Waals surface area (Å²) in [5.41, 5.74) is 6.24. The average molecular weight is 290 g/mol. The third kappa shape index (κ3) is 5.23. The number of nitrogens with zero attached hydrogens (tertiary/aromatic N) is 1. The second-order valence-corrected chi connectivity index (χ2v) is 6.56. The first-order valence-electron chi connectivity index (χ1n) is 7.40. The van der Waals surface area contributed by atoms with Crippen molar-refractivity contribution in [3.05, 3.63) is 0 Å². The van der Waals surface area contributed by atoms with Gasteiger partial charge in [-0.2, -0.15) is 11.8 Å². The summed E-state index contributed by atoms with van der Waals surface area (Å²) in [4.78, 5) is 2.49. The molecule has 0 bridgehead atoms. The molecule has 0 radical (unpaired) electrons. The van der Waals surface area contributed by atoms with Gasteiger partial charge in [0, 0.05) is 49.4 Å². The van der Waals surface area contributed by atoms with Gasteiger partial charge in [0.25, 0.3) is 0 Å². The minimum absolute atomic E-state index is 0.137. The van der Waals surface area contributed by atoms with E-state index in [0.717, 1.165) is 51.8 Å². The Bertz CT molecular complexity index is 233. The molecule has 1 aliphatic rings. The molecule has 1 rings (SSSR count). The zero-order valence-electron chi connectivity index (χ0n) is 12.7. The van der Waals surface area contributed by atoms with E-state index >= 15 is 0 Å².